The van der Waals surface area contributed by atoms with Crippen molar-refractivity contribution in [2.24, 2.45) is 0 Å². The normalized spacial score (nSPS) is 11.3. The molecule has 0 aliphatic rings. The number of rotatable bonds is 3. The summed E-state index contributed by atoms with van der Waals surface area (Å²) in [7, 11) is -3.95. The zero-order valence-electron chi connectivity index (χ0n) is 9.27. The summed E-state index contributed by atoms with van der Waals surface area (Å²) in [6.45, 7) is 0. The lowest BCUT2D eigenvalue weighted by Crippen LogP contribution is -2.13. The molecule has 1 N–H and O–H groups in total. The third kappa shape index (κ3) is 3.34. The number of halogens is 3. The molecule has 0 aliphatic heterocycles. The molecule has 4 nitrogen and oxygen atoms in total. The largest absolute Gasteiger partial charge is 0.279 e. The van der Waals surface area contributed by atoms with Crippen molar-refractivity contribution in [3.05, 3.63) is 52.5 Å². The zero-order chi connectivity index (χ0) is 14.0. The first kappa shape index (κ1) is 14.0. The van der Waals surface area contributed by atoms with Crippen LogP contribution in [0.1, 0.15) is 0 Å². The highest BCUT2D eigenvalue weighted by molar-refractivity contribution is 7.92. The van der Waals surface area contributed by atoms with Gasteiger partial charge in [-0.2, -0.15) is 0 Å². The van der Waals surface area contributed by atoms with E-state index in [4.69, 9.17) is 23.2 Å². The molecule has 1 aromatic carbocycles. The smallest absolute Gasteiger partial charge is 0.264 e. The summed E-state index contributed by atoms with van der Waals surface area (Å²) < 4.78 is 39.4. The summed E-state index contributed by atoms with van der Waals surface area (Å²) in [5.74, 6) is -0.650. The van der Waals surface area contributed by atoms with Crippen molar-refractivity contribution in [1.29, 1.82) is 0 Å². The fourth-order valence-electron chi connectivity index (χ4n) is 1.38. The van der Waals surface area contributed by atoms with Crippen LogP contribution in [-0.4, -0.2) is 13.4 Å². The first-order valence-corrected chi connectivity index (χ1v) is 7.21. The molecule has 0 saturated heterocycles. The number of pyridine rings is 1. The molecule has 0 bridgehead atoms. The Morgan fingerprint density at radius 3 is 2.58 bits per heavy atom. The highest BCUT2D eigenvalue weighted by Crippen LogP contribution is 2.24. The third-order valence-corrected chi connectivity index (χ3v) is 4.21. The highest BCUT2D eigenvalue weighted by atomic mass is 35.5. The van der Waals surface area contributed by atoms with Gasteiger partial charge in [0.05, 0.1) is 10.7 Å². The van der Waals surface area contributed by atoms with E-state index in [0.717, 1.165) is 18.3 Å². The summed E-state index contributed by atoms with van der Waals surface area (Å²) in [5, 5.41) is 0.0972. The minimum absolute atomic E-state index is 0.00456. The Morgan fingerprint density at radius 1 is 1.21 bits per heavy atom. The van der Waals surface area contributed by atoms with Crippen molar-refractivity contribution in [2.75, 3.05) is 4.72 Å². The summed E-state index contributed by atoms with van der Waals surface area (Å²) in [5.41, 5.74) is 0.00456. The first-order valence-electron chi connectivity index (χ1n) is 4.97. The molecule has 2 rings (SSSR count). The molecule has 0 fully saturated rings. The van der Waals surface area contributed by atoms with E-state index >= 15 is 0 Å². The Hall–Kier alpha value is -1.37. The zero-order valence-corrected chi connectivity index (χ0v) is 11.6. The quantitative estimate of drug-likeness (QED) is 0.943. The molecular weight excluding hydrogens is 314 g/mol. The molecule has 0 radical (unpaired) electrons. The van der Waals surface area contributed by atoms with Crippen LogP contribution in [0.3, 0.4) is 0 Å². The van der Waals surface area contributed by atoms with E-state index in [2.05, 4.69) is 9.71 Å². The second kappa shape index (κ2) is 5.32. The van der Waals surface area contributed by atoms with Crippen LogP contribution in [-0.2, 0) is 10.0 Å². The van der Waals surface area contributed by atoms with Gasteiger partial charge < -0.3 is 0 Å². The Bertz CT molecular complexity index is 702. The highest BCUT2D eigenvalue weighted by Gasteiger charge is 2.18. The van der Waals surface area contributed by atoms with Crippen molar-refractivity contribution in [3.8, 4) is 0 Å². The van der Waals surface area contributed by atoms with E-state index in [9.17, 15) is 12.8 Å². The number of nitrogens with zero attached hydrogens (tertiary/aromatic N) is 1. The van der Waals surface area contributed by atoms with Crippen LogP contribution < -0.4 is 4.72 Å². The monoisotopic (exact) mass is 320 g/mol. The van der Waals surface area contributed by atoms with Crippen LogP contribution in [0.2, 0.25) is 10.0 Å². The molecule has 8 heteroatoms. The standard InChI is InChI=1S/C11H7Cl2FN2O2S/c12-7-3-8(14)5-9(4-7)16-19(17,18)11-6-15-2-1-10(11)13/h1-6,16H. The molecule has 0 saturated carbocycles. The molecule has 19 heavy (non-hydrogen) atoms. The Balaban J connectivity index is 2.39. The van der Waals surface area contributed by atoms with Crippen LogP contribution in [0.25, 0.3) is 0 Å². The first-order chi connectivity index (χ1) is 8.88. The van der Waals surface area contributed by atoms with Gasteiger partial charge in [0.25, 0.3) is 10.0 Å². The van der Waals surface area contributed by atoms with Gasteiger partial charge in [-0.05, 0) is 24.3 Å². The van der Waals surface area contributed by atoms with Gasteiger partial charge >= 0.3 is 0 Å². The second-order valence-corrected chi connectivity index (χ2v) is 6.06. The van der Waals surface area contributed by atoms with Crippen molar-refractivity contribution < 1.29 is 12.8 Å². The minimum Gasteiger partial charge on any atom is -0.279 e. The van der Waals surface area contributed by atoms with E-state index < -0.39 is 15.8 Å². The number of nitrogens with one attached hydrogen (secondary N) is 1. The molecule has 2 aromatic rings. The van der Waals surface area contributed by atoms with Gasteiger partial charge in [-0.25, -0.2) is 12.8 Å². The van der Waals surface area contributed by atoms with Crippen molar-refractivity contribution >= 4 is 38.9 Å². The van der Waals surface area contributed by atoms with Crippen molar-refractivity contribution in [1.82, 2.24) is 4.98 Å². The summed E-state index contributed by atoms with van der Waals surface area (Å²) >= 11 is 11.4. The Morgan fingerprint density at radius 2 is 1.95 bits per heavy atom. The molecule has 0 spiro atoms. The summed E-state index contributed by atoms with van der Waals surface area (Å²) in [4.78, 5) is 3.49. The molecular formula is C11H7Cl2FN2O2S. The SMILES string of the molecule is O=S(=O)(Nc1cc(F)cc(Cl)c1)c1cnccc1Cl. The number of hydrogen-bond acceptors (Lipinski definition) is 3. The molecule has 0 unspecified atom stereocenters. The Labute approximate surface area is 119 Å². The average molecular weight is 321 g/mol. The number of hydrogen-bond donors (Lipinski definition) is 1. The summed E-state index contributed by atoms with van der Waals surface area (Å²) in [6.07, 6.45) is 2.46. The van der Waals surface area contributed by atoms with Gasteiger partial charge in [-0.15, -0.1) is 0 Å². The molecule has 0 atom stereocenters. The van der Waals surface area contributed by atoms with E-state index in [1.807, 2.05) is 0 Å². The van der Waals surface area contributed by atoms with E-state index in [1.165, 1.54) is 18.3 Å². The lowest BCUT2D eigenvalue weighted by atomic mass is 10.3. The Kier molecular flexibility index (Phi) is 3.93. The van der Waals surface area contributed by atoms with Crippen LogP contribution in [0.15, 0.2) is 41.6 Å². The fourth-order valence-corrected chi connectivity index (χ4v) is 3.08. The van der Waals surface area contributed by atoms with Gasteiger partial charge in [0.1, 0.15) is 10.7 Å². The number of aromatic nitrogens is 1. The number of sulfonamides is 1. The van der Waals surface area contributed by atoms with Gasteiger partial charge in [0.2, 0.25) is 0 Å². The molecule has 100 valence electrons. The van der Waals surface area contributed by atoms with Gasteiger partial charge in [-0.3, -0.25) is 9.71 Å². The van der Waals surface area contributed by atoms with Crippen molar-refractivity contribution in [2.45, 2.75) is 4.90 Å². The topological polar surface area (TPSA) is 59.1 Å². The van der Waals surface area contributed by atoms with Crippen molar-refractivity contribution in [3.63, 3.8) is 0 Å². The lowest BCUT2D eigenvalue weighted by Gasteiger charge is -2.09. The van der Waals surface area contributed by atoms with E-state index in [-0.39, 0.29) is 20.6 Å². The van der Waals surface area contributed by atoms with E-state index in [1.54, 1.807) is 0 Å². The molecule has 1 aromatic heterocycles. The van der Waals surface area contributed by atoms with Crippen LogP contribution in [0.5, 0.6) is 0 Å². The number of benzene rings is 1. The molecule has 0 aliphatic carbocycles. The van der Waals surface area contributed by atoms with Crippen LogP contribution >= 0.6 is 23.2 Å². The fraction of sp³-hybridized carbons (Fsp3) is 0. The van der Waals surface area contributed by atoms with Gasteiger partial charge in [0.15, 0.2) is 0 Å². The van der Waals surface area contributed by atoms with Crippen LogP contribution in [0.4, 0.5) is 10.1 Å². The van der Waals surface area contributed by atoms with E-state index in [0.29, 0.717) is 0 Å². The minimum atomic E-state index is -3.95. The number of anilines is 1. The lowest BCUT2D eigenvalue weighted by molar-refractivity contribution is 0.600. The molecule has 0 amide bonds. The predicted molar refractivity (Wildman–Crippen MR) is 71.5 cm³/mol. The maximum Gasteiger partial charge on any atom is 0.264 e. The summed E-state index contributed by atoms with van der Waals surface area (Å²) in [6, 6.07) is 4.70. The predicted octanol–water partition coefficient (Wildman–Crippen LogP) is 3.33. The van der Waals surface area contributed by atoms with Crippen LogP contribution in [0, 0.1) is 5.82 Å². The maximum atomic E-state index is 13.1. The molecule has 1 heterocycles. The second-order valence-electron chi connectivity index (χ2n) is 3.57. The van der Waals surface area contributed by atoms with Gasteiger partial charge in [-0.1, -0.05) is 23.2 Å². The van der Waals surface area contributed by atoms with Gasteiger partial charge in [0, 0.05) is 17.4 Å². The maximum absolute atomic E-state index is 13.1. The average Bonchev–Trinajstić information content (AvgIpc) is 2.26. The third-order valence-electron chi connectivity index (χ3n) is 2.14.